The number of pyridine rings is 1. The Labute approximate surface area is 101 Å². The summed E-state index contributed by atoms with van der Waals surface area (Å²) in [6.07, 6.45) is 4.73. The van der Waals surface area contributed by atoms with E-state index in [4.69, 9.17) is 0 Å². The first kappa shape index (κ1) is 11.6. The van der Waals surface area contributed by atoms with Crippen molar-refractivity contribution >= 4 is 11.6 Å². The Hall–Kier alpha value is -1.84. The first-order valence-electron chi connectivity index (χ1n) is 5.86. The first-order chi connectivity index (χ1) is 8.10. The van der Waals surface area contributed by atoms with Crippen LogP contribution in [0.1, 0.15) is 36.3 Å². The zero-order valence-corrected chi connectivity index (χ0v) is 10.4. The Morgan fingerprint density at radius 3 is 3.06 bits per heavy atom. The van der Waals surface area contributed by atoms with Crippen molar-refractivity contribution in [3.05, 3.63) is 35.8 Å². The summed E-state index contributed by atoms with van der Waals surface area (Å²) in [4.78, 5) is 16.3. The van der Waals surface area contributed by atoms with E-state index in [9.17, 15) is 4.79 Å². The standard InChI is InChI=1S/C13H17N3O/c1-4-9(2)15-13(17)11-5-6-16-8-10(3)14-12(16)7-11/h5-9H,4H2,1-3H3,(H,15,17). The molecule has 0 fully saturated rings. The highest BCUT2D eigenvalue weighted by Gasteiger charge is 2.09. The lowest BCUT2D eigenvalue weighted by Crippen LogP contribution is -2.31. The highest BCUT2D eigenvalue weighted by atomic mass is 16.1. The summed E-state index contributed by atoms with van der Waals surface area (Å²) in [6.45, 7) is 5.98. The molecular formula is C13H17N3O. The van der Waals surface area contributed by atoms with E-state index < -0.39 is 0 Å². The van der Waals surface area contributed by atoms with Crippen molar-refractivity contribution in [1.29, 1.82) is 0 Å². The third-order valence-corrected chi connectivity index (χ3v) is 2.83. The maximum atomic E-state index is 11.9. The van der Waals surface area contributed by atoms with Crippen molar-refractivity contribution in [2.24, 2.45) is 0 Å². The van der Waals surface area contributed by atoms with E-state index in [1.807, 2.05) is 49.7 Å². The molecule has 4 nitrogen and oxygen atoms in total. The van der Waals surface area contributed by atoms with Crippen LogP contribution in [0.5, 0.6) is 0 Å². The predicted molar refractivity (Wildman–Crippen MR) is 67.1 cm³/mol. The summed E-state index contributed by atoms with van der Waals surface area (Å²) in [7, 11) is 0. The van der Waals surface area contributed by atoms with E-state index in [0.29, 0.717) is 5.56 Å². The Kier molecular flexibility index (Phi) is 3.13. The van der Waals surface area contributed by atoms with E-state index in [-0.39, 0.29) is 11.9 Å². The van der Waals surface area contributed by atoms with Crippen LogP contribution < -0.4 is 5.32 Å². The van der Waals surface area contributed by atoms with Crippen LogP contribution in [0.15, 0.2) is 24.5 Å². The molecule has 1 atom stereocenters. The fraction of sp³-hybridized carbons (Fsp3) is 0.385. The van der Waals surface area contributed by atoms with Gasteiger partial charge in [0.05, 0.1) is 5.69 Å². The Balaban J connectivity index is 2.26. The number of amides is 1. The van der Waals surface area contributed by atoms with Crippen molar-refractivity contribution < 1.29 is 4.79 Å². The molecule has 2 heterocycles. The fourth-order valence-electron chi connectivity index (χ4n) is 1.66. The Morgan fingerprint density at radius 1 is 1.59 bits per heavy atom. The normalized spacial score (nSPS) is 12.6. The van der Waals surface area contributed by atoms with Crippen LogP contribution in [0.2, 0.25) is 0 Å². The second-order valence-corrected chi connectivity index (χ2v) is 4.35. The second-order valence-electron chi connectivity index (χ2n) is 4.35. The van der Waals surface area contributed by atoms with Crippen molar-refractivity contribution in [3.63, 3.8) is 0 Å². The molecule has 17 heavy (non-hydrogen) atoms. The molecule has 1 N–H and O–H groups in total. The molecule has 0 bridgehead atoms. The average Bonchev–Trinajstić information content (AvgIpc) is 2.67. The van der Waals surface area contributed by atoms with Crippen molar-refractivity contribution in [2.75, 3.05) is 0 Å². The monoisotopic (exact) mass is 231 g/mol. The second kappa shape index (κ2) is 4.57. The molecule has 0 saturated heterocycles. The molecule has 1 amide bonds. The van der Waals surface area contributed by atoms with Crippen LogP contribution in [0.25, 0.3) is 5.65 Å². The number of fused-ring (bicyclic) bond motifs is 1. The van der Waals surface area contributed by atoms with E-state index in [1.165, 1.54) is 0 Å². The average molecular weight is 231 g/mol. The number of imidazole rings is 1. The van der Waals surface area contributed by atoms with E-state index >= 15 is 0 Å². The number of rotatable bonds is 3. The molecule has 1 unspecified atom stereocenters. The summed E-state index contributed by atoms with van der Waals surface area (Å²) in [6, 6.07) is 3.82. The first-order valence-corrected chi connectivity index (χ1v) is 5.86. The largest absolute Gasteiger partial charge is 0.350 e. The quantitative estimate of drug-likeness (QED) is 0.880. The number of carbonyl (C=O) groups is 1. The van der Waals surface area contributed by atoms with Crippen molar-refractivity contribution in [1.82, 2.24) is 14.7 Å². The Morgan fingerprint density at radius 2 is 2.35 bits per heavy atom. The maximum absolute atomic E-state index is 11.9. The molecule has 4 heteroatoms. The summed E-state index contributed by atoms with van der Waals surface area (Å²) in [5.74, 6) is -0.0393. The van der Waals surface area contributed by atoms with E-state index in [0.717, 1.165) is 17.8 Å². The van der Waals surface area contributed by atoms with Crippen LogP contribution in [0.4, 0.5) is 0 Å². The number of aromatic nitrogens is 2. The lowest BCUT2D eigenvalue weighted by Gasteiger charge is -2.11. The molecule has 90 valence electrons. The number of carbonyl (C=O) groups excluding carboxylic acids is 1. The van der Waals surface area contributed by atoms with E-state index in [1.54, 1.807) is 0 Å². The van der Waals surface area contributed by atoms with Gasteiger partial charge in [-0.25, -0.2) is 4.98 Å². The summed E-state index contributed by atoms with van der Waals surface area (Å²) in [5, 5.41) is 2.94. The third kappa shape index (κ3) is 2.46. The highest BCUT2D eigenvalue weighted by molar-refractivity contribution is 5.95. The zero-order valence-electron chi connectivity index (χ0n) is 10.4. The van der Waals surface area contributed by atoms with Crippen LogP contribution in [0, 0.1) is 6.92 Å². The topological polar surface area (TPSA) is 46.4 Å². The number of nitrogens with zero attached hydrogens (tertiary/aromatic N) is 2. The molecule has 0 aliphatic rings. The van der Waals surface area contributed by atoms with Crippen LogP contribution in [-0.4, -0.2) is 21.3 Å². The molecule has 0 aliphatic carbocycles. The van der Waals surface area contributed by atoms with Gasteiger partial charge in [0.2, 0.25) is 0 Å². The fourth-order valence-corrected chi connectivity index (χ4v) is 1.66. The van der Waals surface area contributed by atoms with E-state index in [2.05, 4.69) is 10.3 Å². The molecule has 2 aromatic heterocycles. The minimum absolute atomic E-state index is 0.0393. The van der Waals surface area contributed by atoms with Gasteiger partial charge in [-0.15, -0.1) is 0 Å². The SMILES string of the molecule is CCC(C)NC(=O)c1ccn2cc(C)nc2c1. The molecule has 0 aromatic carbocycles. The number of hydrogen-bond acceptors (Lipinski definition) is 2. The number of nitrogens with one attached hydrogen (secondary N) is 1. The molecule has 0 radical (unpaired) electrons. The summed E-state index contributed by atoms with van der Waals surface area (Å²) < 4.78 is 1.91. The van der Waals surface area contributed by atoms with Gasteiger partial charge in [0.15, 0.2) is 0 Å². The molecule has 2 rings (SSSR count). The van der Waals surface area contributed by atoms with Crippen LogP contribution in [-0.2, 0) is 0 Å². The molecule has 2 aromatic rings. The van der Waals surface area contributed by atoms with Gasteiger partial charge in [0.1, 0.15) is 5.65 Å². The van der Waals surface area contributed by atoms with Crippen LogP contribution in [0.3, 0.4) is 0 Å². The minimum Gasteiger partial charge on any atom is -0.350 e. The lowest BCUT2D eigenvalue weighted by molar-refractivity contribution is 0.0939. The smallest absolute Gasteiger partial charge is 0.251 e. The highest BCUT2D eigenvalue weighted by Crippen LogP contribution is 2.08. The van der Waals surface area contributed by atoms with Gasteiger partial charge < -0.3 is 9.72 Å². The van der Waals surface area contributed by atoms with Gasteiger partial charge in [-0.2, -0.15) is 0 Å². The van der Waals surface area contributed by atoms with Gasteiger partial charge in [0.25, 0.3) is 5.91 Å². The third-order valence-electron chi connectivity index (χ3n) is 2.83. The van der Waals surface area contributed by atoms with Gasteiger partial charge in [0, 0.05) is 24.0 Å². The van der Waals surface area contributed by atoms with Gasteiger partial charge in [-0.05, 0) is 32.4 Å². The lowest BCUT2D eigenvalue weighted by atomic mass is 10.2. The zero-order chi connectivity index (χ0) is 12.4. The molecule has 0 saturated carbocycles. The van der Waals surface area contributed by atoms with Gasteiger partial charge >= 0.3 is 0 Å². The van der Waals surface area contributed by atoms with Crippen molar-refractivity contribution in [3.8, 4) is 0 Å². The predicted octanol–water partition coefficient (Wildman–Crippen LogP) is 2.17. The number of hydrogen-bond donors (Lipinski definition) is 1. The van der Waals surface area contributed by atoms with Gasteiger partial charge in [-0.3, -0.25) is 4.79 Å². The molecule has 0 aliphatic heterocycles. The maximum Gasteiger partial charge on any atom is 0.251 e. The van der Waals surface area contributed by atoms with Crippen molar-refractivity contribution in [2.45, 2.75) is 33.2 Å². The molecular weight excluding hydrogens is 214 g/mol. The minimum atomic E-state index is -0.0393. The van der Waals surface area contributed by atoms with Crippen LogP contribution >= 0.6 is 0 Å². The summed E-state index contributed by atoms with van der Waals surface area (Å²) >= 11 is 0. The van der Waals surface area contributed by atoms with Gasteiger partial charge in [-0.1, -0.05) is 6.92 Å². The number of aryl methyl sites for hydroxylation is 1. The molecule has 0 spiro atoms. The summed E-state index contributed by atoms with van der Waals surface area (Å²) in [5.41, 5.74) is 2.41. The Bertz CT molecular complexity index is 545.